The molecule has 0 aliphatic heterocycles. The van der Waals surface area contributed by atoms with E-state index in [1.807, 2.05) is 6.92 Å². The number of aliphatic hydroxyl groups is 2. The van der Waals surface area contributed by atoms with Crippen molar-refractivity contribution in [2.45, 2.75) is 63.7 Å². The van der Waals surface area contributed by atoms with Crippen LogP contribution in [0.1, 0.15) is 56.0 Å². The Morgan fingerprint density at radius 2 is 1.82 bits per heavy atom. The van der Waals surface area contributed by atoms with Crippen molar-refractivity contribution in [3.8, 4) is 5.75 Å². The van der Waals surface area contributed by atoms with Gasteiger partial charge in [0, 0.05) is 23.8 Å². The average Bonchev–Trinajstić information content (AvgIpc) is 2.73. The van der Waals surface area contributed by atoms with Gasteiger partial charge in [0.15, 0.2) is 34.7 Å². The van der Waals surface area contributed by atoms with Crippen molar-refractivity contribution in [3.63, 3.8) is 0 Å². The third-order valence-electron chi connectivity index (χ3n) is 7.57. The maximum absolute atomic E-state index is 13.5. The number of phenols is 1. The number of Topliss-reactive ketones (excluding diaryl/α,β-unsaturated/α-hetero) is 4. The molecule has 2 fully saturated rings. The third-order valence-corrected chi connectivity index (χ3v) is 7.57. The summed E-state index contributed by atoms with van der Waals surface area (Å²) in [5.74, 6) is -11.2. The van der Waals surface area contributed by atoms with Gasteiger partial charge in [-0.2, -0.15) is 0 Å². The van der Waals surface area contributed by atoms with Gasteiger partial charge in [-0.15, -0.1) is 0 Å². The van der Waals surface area contributed by atoms with Crippen molar-refractivity contribution in [1.29, 1.82) is 0 Å². The smallest absolute Gasteiger partial charge is 0.238 e. The van der Waals surface area contributed by atoms with Gasteiger partial charge in [-0.3, -0.25) is 24.0 Å². The summed E-state index contributed by atoms with van der Waals surface area (Å²) >= 11 is 0. The zero-order valence-corrected chi connectivity index (χ0v) is 19.3. The van der Waals surface area contributed by atoms with Crippen molar-refractivity contribution in [2.24, 2.45) is 23.7 Å². The molecule has 4 N–H and O–H groups in total. The minimum Gasteiger partial charge on any atom is -0.507 e. The van der Waals surface area contributed by atoms with E-state index in [0.29, 0.717) is 12.0 Å². The van der Waals surface area contributed by atoms with Crippen LogP contribution in [-0.4, -0.2) is 61.6 Å². The molecule has 2 saturated carbocycles. The number of aliphatic hydroxyl groups excluding tert-OH is 1. The van der Waals surface area contributed by atoms with E-state index >= 15 is 0 Å². The van der Waals surface area contributed by atoms with Crippen LogP contribution in [0.4, 0.5) is 0 Å². The van der Waals surface area contributed by atoms with Crippen LogP contribution >= 0.6 is 0 Å². The first-order valence-electron chi connectivity index (χ1n) is 11.5. The zero-order chi connectivity index (χ0) is 25.2. The van der Waals surface area contributed by atoms with Crippen LogP contribution in [0.3, 0.4) is 0 Å². The number of aromatic hydroxyl groups is 1. The summed E-state index contributed by atoms with van der Waals surface area (Å²) in [6.07, 6.45) is -0.709. The molecular weight excluding hydrogens is 442 g/mol. The molecule has 182 valence electrons. The average molecular weight is 472 g/mol. The molecule has 0 radical (unpaired) electrons. The zero-order valence-electron chi connectivity index (χ0n) is 19.3. The largest absolute Gasteiger partial charge is 0.507 e. The Kier molecular flexibility index (Phi) is 5.77. The summed E-state index contributed by atoms with van der Waals surface area (Å²) in [7, 11) is 0. The monoisotopic (exact) mass is 471 g/mol. The fraction of sp³-hybridized carbons (Fsp3) is 0.560. The normalized spacial score (nSPS) is 33.1. The molecule has 6 atom stereocenters. The molecule has 0 spiro atoms. The van der Waals surface area contributed by atoms with Crippen molar-refractivity contribution in [1.82, 2.24) is 5.32 Å². The summed E-state index contributed by atoms with van der Waals surface area (Å²) < 4.78 is 0. The van der Waals surface area contributed by atoms with E-state index in [9.17, 15) is 39.3 Å². The number of nitrogens with one attached hydrogen (secondary N) is 1. The molecule has 9 nitrogen and oxygen atoms in total. The Hall–Kier alpha value is -2.91. The maximum Gasteiger partial charge on any atom is 0.238 e. The van der Waals surface area contributed by atoms with E-state index in [-0.39, 0.29) is 17.7 Å². The molecule has 3 aliphatic rings. The second-order valence-electron chi connectivity index (χ2n) is 10.3. The van der Waals surface area contributed by atoms with Crippen LogP contribution < -0.4 is 5.32 Å². The molecular formula is C25H29NO8. The lowest BCUT2D eigenvalue weighted by Gasteiger charge is -2.51. The number of benzene rings is 1. The number of ketones is 4. The molecule has 2 unspecified atom stereocenters. The van der Waals surface area contributed by atoms with Gasteiger partial charge in [-0.05, 0) is 38.3 Å². The Morgan fingerprint density at radius 1 is 1.15 bits per heavy atom. The molecule has 3 aliphatic carbocycles. The minimum absolute atomic E-state index is 0.0527. The van der Waals surface area contributed by atoms with Crippen LogP contribution in [0.2, 0.25) is 0 Å². The Labute approximate surface area is 196 Å². The lowest BCUT2D eigenvalue weighted by Crippen LogP contribution is -2.72. The van der Waals surface area contributed by atoms with Crippen molar-refractivity contribution < 1.29 is 39.3 Å². The Balaban J connectivity index is 1.73. The highest BCUT2D eigenvalue weighted by Gasteiger charge is 2.69. The summed E-state index contributed by atoms with van der Waals surface area (Å²) in [5, 5.41) is 35.3. The molecule has 1 aromatic carbocycles. The van der Waals surface area contributed by atoms with Crippen LogP contribution in [0.25, 0.3) is 0 Å². The van der Waals surface area contributed by atoms with E-state index in [1.165, 1.54) is 12.1 Å². The number of hydrogen-bond acceptors (Lipinski definition) is 8. The molecule has 4 rings (SSSR count). The molecule has 0 saturated heterocycles. The number of phenolic OH excluding ortho intramolecular Hbond substituents is 1. The van der Waals surface area contributed by atoms with E-state index < -0.39 is 76.4 Å². The Bertz CT molecular complexity index is 1110. The standard InChI is InChI=1S/C25H29NO8/c1-4-8-24(2,3)26-23(33)18-15(28)10-13-19(29)12-9-11-6-5-7-14(27)16(11)20(30)17(12)21(31)25(13,34)22(18)32/h5-7,12-13,17-19,27,29,34H,4,8-10H2,1-3H3,(H,26,33)/t12-,13-,17?,18?,19+,25+/m1/s1. The molecule has 0 heterocycles. The number of carbonyl (C=O) groups is 5. The lowest BCUT2D eigenvalue weighted by atomic mass is 9.52. The molecule has 9 heteroatoms. The highest BCUT2D eigenvalue weighted by atomic mass is 16.3. The van der Waals surface area contributed by atoms with E-state index in [0.717, 1.165) is 6.42 Å². The molecule has 1 aromatic rings. The van der Waals surface area contributed by atoms with E-state index in [2.05, 4.69) is 5.32 Å². The van der Waals surface area contributed by atoms with Gasteiger partial charge in [0.1, 0.15) is 5.75 Å². The third kappa shape index (κ3) is 3.41. The first kappa shape index (κ1) is 24.2. The predicted octanol–water partition coefficient (Wildman–Crippen LogP) is 0.507. The number of fused-ring (bicyclic) bond motifs is 3. The molecule has 1 amide bonds. The first-order chi connectivity index (χ1) is 15.8. The van der Waals surface area contributed by atoms with Gasteiger partial charge in [0.2, 0.25) is 5.91 Å². The van der Waals surface area contributed by atoms with E-state index in [1.54, 1.807) is 19.9 Å². The Morgan fingerprint density at radius 3 is 2.47 bits per heavy atom. The topological polar surface area (TPSA) is 158 Å². The van der Waals surface area contributed by atoms with Crippen LogP contribution in [-0.2, 0) is 25.6 Å². The highest BCUT2D eigenvalue weighted by Crippen LogP contribution is 2.49. The fourth-order valence-corrected chi connectivity index (χ4v) is 5.99. The second kappa shape index (κ2) is 8.09. The summed E-state index contributed by atoms with van der Waals surface area (Å²) in [5.41, 5.74) is -3.23. The summed E-state index contributed by atoms with van der Waals surface area (Å²) in [6, 6.07) is 4.42. The van der Waals surface area contributed by atoms with Crippen LogP contribution in [0.5, 0.6) is 5.75 Å². The minimum atomic E-state index is -2.86. The summed E-state index contributed by atoms with van der Waals surface area (Å²) in [4.78, 5) is 66.0. The molecule has 34 heavy (non-hydrogen) atoms. The molecule has 0 bridgehead atoms. The number of amides is 1. The van der Waals surface area contributed by atoms with Gasteiger partial charge >= 0.3 is 0 Å². The first-order valence-corrected chi connectivity index (χ1v) is 11.5. The summed E-state index contributed by atoms with van der Waals surface area (Å²) in [6.45, 7) is 5.37. The van der Waals surface area contributed by atoms with Gasteiger partial charge in [0.05, 0.1) is 17.6 Å². The quantitative estimate of drug-likeness (QED) is 0.463. The van der Waals surface area contributed by atoms with Gasteiger partial charge in [-0.25, -0.2) is 0 Å². The lowest BCUT2D eigenvalue weighted by molar-refractivity contribution is -0.188. The van der Waals surface area contributed by atoms with Crippen molar-refractivity contribution in [3.05, 3.63) is 29.3 Å². The van der Waals surface area contributed by atoms with Crippen molar-refractivity contribution in [2.75, 3.05) is 0 Å². The van der Waals surface area contributed by atoms with Crippen molar-refractivity contribution >= 4 is 29.0 Å². The van der Waals surface area contributed by atoms with Crippen LogP contribution in [0, 0.1) is 23.7 Å². The fourth-order valence-electron chi connectivity index (χ4n) is 5.99. The van der Waals surface area contributed by atoms with E-state index in [4.69, 9.17) is 0 Å². The van der Waals surface area contributed by atoms with Crippen LogP contribution in [0.15, 0.2) is 18.2 Å². The molecule has 0 aromatic heterocycles. The maximum atomic E-state index is 13.5. The second-order valence-corrected chi connectivity index (χ2v) is 10.3. The highest BCUT2D eigenvalue weighted by molar-refractivity contribution is 6.31. The number of hydrogen-bond donors (Lipinski definition) is 4. The number of carbonyl (C=O) groups excluding carboxylic acids is 5. The predicted molar refractivity (Wildman–Crippen MR) is 118 cm³/mol. The number of rotatable bonds is 4. The SMILES string of the molecule is CCCC(C)(C)NC(=O)C1C(=O)C[C@@H]2[C@@H](O)[C@@H]3Cc4cccc(O)c4C(=O)C3C(=O)[C@]2(O)C1=O. The van der Waals surface area contributed by atoms with Gasteiger partial charge < -0.3 is 20.6 Å². The van der Waals surface area contributed by atoms with Gasteiger partial charge in [0.25, 0.3) is 0 Å². The van der Waals surface area contributed by atoms with Gasteiger partial charge in [-0.1, -0.05) is 25.5 Å².